The number of aromatic nitrogens is 3. The lowest BCUT2D eigenvalue weighted by Gasteiger charge is -2.10. The minimum atomic E-state index is 0.450. The van der Waals surface area contributed by atoms with Gasteiger partial charge in [0.05, 0.1) is 17.9 Å². The summed E-state index contributed by atoms with van der Waals surface area (Å²) in [6, 6.07) is 0.450. The zero-order valence-corrected chi connectivity index (χ0v) is 6.90. The summed E-state index contributed by atoms with van der Waals surface area (Å²) in [7, 11) is 0. The minimum absolute atomic E-state index is 0.450. The molecule has 12 heavy (non-hydrogen) atoms. The highest BCUT2D eigenvalue weighted by Gasteiger charge is 2.18. The molecule has 0 radical (unpaired) electrons. The molecular formula is C7H13N5. The Labute approximate surface area is 70.9 Å². The van der Waals surface area contributed by atoms with Crippen LogP contribution in [0.4, 0.5) is 0 Å². The summed E-state index contributed by atoms with van der Waals surface area (Å²) in [6.45, 7) is 2.56. The lowest BCUT2D eigenvalue weighted by molar-refractivity contribution is 0.459. The van der Waals surface area contributed by atoms with E-state index in [0.717, 1.165) is 25.2 Å². The highest BCUT2D eigenvalue weighted by atomic mass is 15.4. The fraction of sp³-hybridized carbons (Fsp3) is 0.714. The van der Waals surface area contributed by atoms with E-state index in [-0.39, 0.29) is 0 Å². The summed E-state index contributed by atoms with van der Waals surface area (Å²) in [5, 5.41) is 11.1. The molecule has 66 valence electrons. The molecular weight excluding hydrogens is 154 g/mol. The topological polar surface area (TPSA) is 68.8 Å². The lowest BCUT2D eigenvalue weighted by Crippen LogP contribution is -2.18. The normalized spacial score (nSPS) is 23.2. The fourth-order valence-electron chi connectivity index (χ4n) is 1.57. The van der Waals surface area contributed by atoms with E-state index in [1.807, 2.05) is 4.68 Å². The van der Waals surface area contributed by atoms with E-state index >= 15 is 0 Å². The van der Waals surface area contributed by atoms with E-state index in [0.29, 0.717) is 12.6 Å². The van der Waals surface area contributed by atoms with Crippen LogP contribution in [0.25, 0.3) is 0 Å². The molecule has 0 aliphatic carbocycles. The van der Waals surface area contributed by atoms with Crippen molar-refractivity contribution in [1.29, 1.82) is 0 Å². The molecule has 2 rings (SSSR count). The highest BCUT2D eigenvalue weighted by Crippen LogP contribution is 2.14. The van der Waals surface area contributed by atoms with Crippen LogP contribution in [0.3, 0.4) is 0 Å². The van der Waals surface area contributed by atoms with Gasteiger partial charge in [-0.25, -0.2) is 4.68 Å². The van der Waals surface area contributed by atoms with Crippen molar-refractivity contribution in [2.45, 2.75) is 19.0 Å². The Kier molecular flexibility index (Phi) is 2.05. The van der Waals surface area contributed by atoms with Gasteiger partial charge in [0.25, 0.3) is 0 Å². The SMILES string of the molecule is NCc1cnnn1C1CCNC1. The van der Waals surface area contributed by atoms with Gasteiger partial charge in [0.1, 0.15) is 0 Å². The van der Waals surface area contributed by atoms with Crippen molar-refractivity contribution in [2.75, 3.05) is 13.1 Å². The van der Waals surface area contributed by atoms with Crippen molar-refractivity contribution in [2.24, 2.45) is 5.73 Å². The molecule has 1 aromatic rings. The van der Waals surface area contributed by atoms with Gasteiger partial charge in [-0.05, 0) is 13.0 Å². The first-order valence-corrected chi connectivity index (χ1v) is 4.21. The zero-order chi connectivity index (χ0) is 8.39. The number of hydrogen-bond acceptors (Lipinski definition) is 4. The Balaban J connectivity index is 2.19. The van der Waals surface area contributed by atoms with E-state index in [4.69, 9.17) is 5.73 Å². The van der Waals surface area contributed by atoms with Crippen LogP contribution < -0.4 is 11.1 Å². The lowest BCUT2D eigenvalue weighted by atomic mass is 10.2. The van der Waals surface area contributed by atoms with E-state index in [1.165, 1.54) is 0 Å². The van der Waals surface area contributed by atoms with Crippen molar-refractivity contribution in [3.8, 4) is 0 Å². The van der Waals surface area contributed by atoms with Crippen LogP contribution in [0.15, 0.2) is 6.20 Å². The molecule has 5 nitrogen and oxygen atoms in total. The van der Waals surface area contributed by atoms with Crippen molar-refractivity contribution in [1.82, 2.24) is 20.3 Å². The monoisotopic (exact) mass is 167 g/mol. The summed E-state index contributed by atoms with van der Waals surface area (Å²) in [4.78, 5) is 0. The number of nitrogens with one attached hydrogen (secondary N) is 1. The van der Waals surface area contributed by atoms with Crippen LogP contribution in [0.1, 0.15) is 18.2 Å². The second-order valence-corrected chi connectivity index (χ2v) is 3.02. The summed E-state index contributed by atoms with van der Waals surface area (Å²) in [5.41, 5.74) is 6.56. The first-order chi connectivity index (χ1) is 5.92. The van der Waals surface area contributed by atoms with Gasteiger partial charge < -0.3 is 11.1 Å². The average Bonchev–Trinajstić information content (AvgIpc) is 2.74. The van der Waals surface area contributed by atoms with Crippen molar-refractivity contribution in [3.63, 3.8) is 0 Å². The maximum Gasteiger partial charge on any atom is 0.0738 e. The molecule has 0 saturated carbocycles. The second kappa shape index (κ2) is 3.20. The van der Waals surface area contributed by atoms with Crippen molar-refractivity contribution >= 4 is 0 Å². The van der Waals surface area contributed by atoms with Gasteiger partial charge in [-0.1, -0.05) is 5.21 Å². The predicted molar refractivity (Wildman–Crippen MR) is 44.4 cm³/mol. The largest absolute Gasteiger partial charge is 0.325 e. The van der Waals surface area contributed by atoms with Gasteiger partial charge in [-0.2, -0.15) is 0 Å². The molecule has 3 N–H and O–H groups in total. The standard InChI is InChI=1S/C7H13N5/c8-3-7-5-10-11-12(7)6-1-2-9-4-6/h5-6,9H,1-4,8H2. The van der Waals surface area contributed by atoms with Gasteiger partial charge in [0, 0.05) is 13.1 Å². The quantitative estimate of drug-likeness (QED) is 0.609. The zero-order valence-electron chi connectivity index (χ0n) is 6.90. The van der Waals surface area contributed by atoms with Crippen molar-refractivity contribution < 1.29 is 0 Å². The maximum atomic E-state index is 5.54. The van der Waals surface area contributed by atoms with Gasteiger partial charge in [-0.15, -0.1) is 5.10 Å². The Morgan fingerprint density at radius 1 is 1.75 bits per heavy atom. The minimum Gasteiger partial charge on any atom is -0.325 e. The molecule has 0 amide bonds. The molecule has 1 unspecified atom stereocenters. The smallest absolute Gasteiger partial charge is 0.0738 e. The Morgan fingerprint density at radius 2 is 2.67 bits per heavy atom. The third-order valence-electron chi connectivity index (χ3n) is 2.24. The number of nitrogens with two attached hydrogens (primary N) is 1. The molecule has 1 aromatic heterocycles. The second-order valence-electron chi connectivity index (χ2n) is 3.02. The molecule has 5 heteroatoms. The fourth-order valence-corrected chi connectivity index (χ4v) is 1.57. The number of hydrogen-bond donors (Lipinski definition) is 2. The van der Waals surface area contributed by atoms with E-state index < -0.39 is 0 Å². The Morgan fingerprint density at radius 3 is 3.33 bits per heavy atom. The maximum absolute atomic E-state index is 5.54. The van der Waals surface area contributed by atoms with Gasteiger partial charge in [0.2, 0.25) is 0 Å². The van der Waals surface area contributed by atoms with E-state index in [9.17, 15) is 0 Å². The summed E-state index contributed by atoms with van der Waals surface area (Å²) >= 11 is 0. The molecule has 0 aromatic carbocycles. The first kappa shape index (κ1) is 7.70. The highest BCUT2D eigenvalue weighted by molar-refractivity contribution is 4.96. The first-order valence-electron chi connectivity index (χ1n) is 4.21. The molecule has 0 bridgehead atoms. The van der Waals surface area contributed by atoms with Crippen LogP contribution in [-0.2, 0) is 6.54 Å². The third kappa shape index (κ3) is 1.21. The molecule has 1 fully saturated rings. The predicted octanol–water partition coefficient (Wildman–Crippen LogP) is -0.729. The van der Waals surface area contributed by atoms with Gasteiger partial charge in [0.15, 0.2) is 0 Å². The number of nitrogens with zero attached hydrogens (tertiary/aromatic N) is 3. The van der Waals surface area contributed by atoms with Crippen LogP contribution in [0, 0.1) is 0 Å². The van der Waals surface area contributed by atoms with E-state index in [2.05, 4.69) is 15.6 Å². The molecule has 1 aliphatic heterocycles. The summed E-state index contributed by atoms with van der Waals surface area (Å²) < 4.78 is 1.93. The molecule has 1 atom stereocenters. The van der Waals surface area contributed by atoms with Crippen LogP contribution >= 0.6 is 0 Å². The molecule has 2 heterocycles. The van der Waals surface area contributed by atoms with Gasteiger partial charge >= 0.3 is 0 Å². The van der Waals surface area contributed by atoms with Crippen LogP contribution in [0.2, 0.25) is 0 Å². The van der Waals surface area contributed by atoms with E-state index in [1.54, 1.807) is 6.20 Å². The third-order valence-corrected chi connectivity index (χ3v) is 2.24. The van der Waals surface area contributed by atoms with Crippen LogP contribution in [0.5, 0.6) is 0 Å². The number of rotatable bonds is 2. The van der Waals surface area contributed by atoms with Gasteiger partial charge in [-0.3, -0.25) is 0 Å². The van der Waals surface area contributed by atoms with Crippen LogP contribution in [-0.4, -0.2) is 28.1 Å². The molecule has 1 saturated heterocycles. The Bertz CT molecular complexity index is 250. The summed E-state index contributed by atoms with van der Waals surface area (Å²) in [5.74, 6) is 0. The molecule has 1 aliphatic rings. The molecule has 0 spiro atoms. The Hall–Kier alpha value is -0.940. The van der Waals surface area contributed by atoms with Crippen molar-refractivity contribution in [3.05, 3.63) is 11.9 Å². The summed E-state index contributed by atoms with van der Waals surface area (Å²) in [6.07, 6.45) is 2.86. The average molecular weight is 167 g/mol.